The Kier molecular flexibility index (Phi) is 3.99. The Morgan fingerprint density at radius 3 is 2.38 bits per heavy atom. The first-order chi connectivity index (χ1) is 11.6. The largest absolute Gasteiger partial charge is 0.492 e. The summed E-state index contributed by atoms with van der Waals surface area (Å²) in [5, 5.41) is 13.8. The Morgan fingerprint density at radius 1 is 1.04 bits per heavy atom. The molecule has 0 amide bonds. The van der Waals surface area contributed by atoms with Gasteiger partial charge in [-0.2, -0.15) is 5.10 Å². The number of hydrogen-bond acceptors (Lipinski definition) is 5. The number of aromatic nitrogens is 2. The number of rotatable bonds is 5. The number of ether oxygens (including phenoxy) is 3. The highest BCUT2D eigenvalue weighted by molar-refractivity contribution is 5.97. The third kappa shape index (κ3) is 2.30. The Bertz CT molecular complexity index is 917. The minimum Gasteiger partial charge on any atom is -0.492 e. The van der Waals surface area contributed by atoms with E-state index < -0.39 is 5.97 Å². The summed E-state index contributed by atoms with van der Waals surface area (Å²) >= 11 is 0. The number of fused-ring (bicyclic) bond motifs is 1. The van der Waals surface area contributed by atoms with E-state index in [1.54, 1.807) is 10.7 Å². The van der Waals surface area contributed by atoms with Crippen LogP contribution in [0.1, 0.15) is 10.4 Å². The Labute approximate surface area is 138 Å². The second-order valence-corrected chi connectivity index (χ2v) is 4.97. The zero-order chi connectivity index (χ0) is 17.3. The van der Waals surface area contributed by atoms with Crippen LogP contribution < -0.4 is 14.2 Å². The lowest BCUT2D eigenvalue weighted by Gasteiger charge is -2.17. The maximum atomic E-state index is 11.6. The molecular formula is C17H16N2O5. The number of aromatic carboxylic acids is 1. The quantitative estimate of drug-likeness (QED) is 0.775. The standard InChI is InChI=1S/C17H16N2O5/c1-22-14-10(12-9-18-19-7-5-4-6-13(12)19)8-11(17(20)21)15(23-2)16(14)24-3/h4-9H,1-3H3,(H,20,21). The van der Waals surface area contributed by atoms with E-state index >= 15 is 0 Å². The van der Waals surface area contributed by atoms with Crippen LogP contribution in [0.3, 0.4) is 0 Å². The molecule has 1 N–H and O–H groups in total. The molecule has 0 saturated carbocycles. The predicted octanol–water partition coefficient (Wildman–Crippen LogP) is 2.73. The van der Waals surface area contributed by atoms with E-state index in [4.69, 9.17) is 14.2 Å². The topological polar surface area (TPSA) is 82.3 Å². The van der Waals surface area contributed by atoms with Gasteiger partial charge >= 0.3 is 5.97 Å². The van der Waals surface area contributed by atoms with Crippen molar-refractivity contribution >= 4 is 11.5 Å². The summed E-state index contributed by atoms with van der Waals surface area (Å²) in [5.41, 5.74) is 2.10. The maximum Gasteiger partial charge on any atom is 0.339 e. The molecule has 2 aromatic heterocycles. The average molecular weight is 328 g/mol. The second-order valence-electron chi connectivity index (χ2n) is 4.97. The number of hydrogen-bond donors (Lipinski definition) is 1. The van der Waals surface area contributed by atoms with Gasteiger partial charge in [-0.1, -0.05) is 6.07 Å². The summed E-state index contributed by atoms with van der Waals surface area (Å²) in [5.74, 6) is -0.393. The molecule has 0 fully saturated rings. The van der Waals surface area contributed by atoms with E-state index in [1.807, 2.05) is 24.4 Å². The smallest absolute Gasteiger partial charge is 0.339 e. The van der Waals surface area contributed by atoms with Crippen molar-refractivity contribution in [3.8, 4) is 28.4 Å². The summed E-state index contributed by atoms with van der Waals surface area (Å²) in [6, 6.07) is 7.13. The van der Waals surface area contributed by atoms with Crippen LogP contribution in [-0.4, -0.2) is 42.0 Å². The first-order valence-electron chi connectivity index (χ1n) is 7.11. The van der Waals surface area contributed by atoms with Gasteiger partial charge in [0.25, 0.3) is 0 Å². The molecule has 0 atom stereocenters. The molecule has 24 heavy (non-hydrogen) atoms. The van der Waals surface area contributed by atoms with E-state index in [-0.39, 0.29) is 17.1 Å². The van der Waals surface area contributed by atoms with Gasteiger partial charge < -0.3 is 19.3 Å². The molecule has 0 aliphatic heterocycles. The van der Waals surface area contributed by atoms with Gasteiger partial charge in [-0.05, 0) is 18.2 Å². The van der Waals surface area contributed by atoms with E-state index in [2.05, 4.69) is 5.10 Å². The van der Waals surface area contributed by atoms with Crippen molar-refractivity contribution in [2.75, 3.05) is 21.3 Å². The van der Waals surface area contributed by atoms with E-state index in [1.165, 1.54) is 27.4 Å². The minimum atomic E-state index is -1.12. The predicted molar refractivity (Wildman–Crippen MR) is 87.2 cm³/mol. The van der Waals surface area contributed by atoms with E-state index in [9.17, 15) is 9.90 Å². The summed E-state index contributed by atoms with van der Waals surface area (Å²) < 4.78 is 17.8. The van der Waals surface area contributed by atoms with Gasteiger partial charge in [0.15, 0.2) is 11.5 Å². The highest BCUT2D eigenvalue weighted by Gasteiger charge is 2.26. The minimum absolute atomic E-state index is 0.0135. The number of methoxy groups -OCH3 is 3. The average Bonchev–Trinajstić information content (AvgIpc) is 3.03. The van der Waals surface area contributed by atoms with Gasteiger partial charge in [0.1, 0.15) is 5.56 Å². The summed E-state index contributed by atoms with van der Waals surface area (Å²) in [6.07, 6.45) is 3.47. The Morgan fingerprint density at radius 2 is 1.75 bits per heavy atom. The molecular weight excluding hydrogens is 312 g/mol. The number of pyridine rings is 1. The zero-order valence-corrected chi connectivity index (χ0v) is 13.4. The van der Waals surface area contributed by atoms with Gasteiger partial charge in [-0.25, -0.2) is 9.31 Å². The van der Waals surface area contributed by atoms with E-state index in [0.29, 0.717) is 11.3 Å². The Hall–Kier alpha value is -3.22. The van der Waals surface area contributed by atoms with Crippen LogP contribution >= 0.6 is 0 Å². The van der Waals surface area contributed by atoms with Crippen molar-refractivity contribution in [3.05, 3.63) is 42.2 Å². The summed E-state index contributed by atoms with van der Waals surface area (Å²) in [4.78, 5) is 11.6. The fourth-order valence-electron chi connectivity index (χ4n) is 2.71. The molecule has 0 bridgehead atoms. The van der Waals surface area contributed by atoms with E-state index in [0.717, 1.165) is 11.1 Å². The third-order valence-electron chi connectivity index (χ3n) is 3.75. The molecule has 0 saturated heterocycles. The zero-order valence-electron chi connectivity index (χ0n) is 13.4. The number of benzene rings is 1. The fourth-order valence-corrected chi connectivity index (χ4v) is 2.71. The maximum absolute atomic E-state index is 11.6. The molecule has 2 heterocycles. The van der Waals surface area contributed by atoms with Crippen LogP contribution in [0.5, 0.6) is 17.2 Å². The molecule has 0 spiro atoms. The van der Waals surface area contributed by atoms with Crippen LogP contribution in [0.2, 0.25) is 0 Å². The van der Waals surface area contributed by atoms with Gasteiger partial charge in [0.2, 0.25) is 5.75 Å². The summed E-state index contributed by atoms with van der Waals surface area (Å²) in [6.45, 7) is 0. The second kappa shape index (κ2) is 6.11. The molecule has 3 rings (SSSR count). The molecule has 7 nitrogen and oxygen atoms in total. The van der Waals surface area contributed by atoms with Crippen LogP contribution in [0, 0.1) is 0 Å². The normalized spacial score (nSPS) is 10.6. The molecule has 0 aliphatic carbocycles. The number of carboxylic acids is 1. The van der Waals surface area contributed by atoms with Crippen molar-refractivity contribution in [1.82, 2.24) is 9.61 Å². The SMILES string of the molecule is COc1c(C(=O)O)cc(-c2cnn3ccccc23)c(OC)c1OC. The van der Waals surface area contributed by atoms with Crippen LogP contribution in [0.4, 0.5) is 0 Å². The molecule has 0 unspecified atom stereocenters. The highest BCUT2D eigenvalue weighted by atomic mass is 16.5. The molecule has 124 valence electrons. The highest BCUT2D eigenvalue weighted by Crippen LogP contribution is 2.47. The van der Waals surface area contributed by atoms with Crippen LogP contribution in [-0.2, 0) is 0 Å². The van der Waals surface area contributed by atoms with Crippen molar-refractivity contribution in [1.29, 1.82) is 0 Å². The molecule has 0 aliphatic rings. The van der Waals surface area contributed by atoms with Crippen molar-refractivity contribution in [3.63, 3.8) is 0 Å². The number of carboxylic acid groups (broad SMARTS) is 1. The first kappa shape index (κ1) is 15.7. The lowest BCUT2D eigenvalue weighted by atomic mass is 10.0. The molecule has 7 heteroatoms. The van der Waals surface area contributed by atoms with Gasteiger partial charge in [-0.15, -0.1) is 0 Å². The van der Waals surface area contributed by atoms with Crippen LogP contribution in [0.15, 0.2) is 36.7 Å². The number of nitrogens with zero attached hydrogens (tertiary/aromatic N) is 2. The fraction of sp³-hybridized carbons (Fsp3) is 0.176. The summed E-state index contributed by atoms with van der Waals surface area (Å²) in [7, 11) is 4.32. The lowest BCUT2D eigenvalue weighted by Crippen LogP contribution is -2.05. The molecule has 0 radical (unpaired) electrons. The Balaban J connectivity index is 2.39. The van der Waals surface area contributed by atoms with Crippen molar-refractivity contribution < 1.29 is 24.1 Å². The van der Waals surface area contributed by atoms with Gasteiger partial charge in [0.05, 0.1) is 33.0 Å². The molecule has 3 aromatic rings. The van der Waals surface area contributed by atoms with Crippen molar-refractivity contribution in [2.24, 2.45) is 0 Å². The lowest BCUT2D eigenvalue weighted by molar-refractivity contribution is 0.0692. The number of carbonyl (C=O) groups is 1. The van der Waals surface area contributed by atoms with Crippen LogP contribution in [0.25, 0.3) is 16.6 Å². The monoisotopic (exact) mass is 328 g/mol. The molecule has 1 aromatic carbocycles. The van der Waals surface area contributed by atoms with Gasteiger partial charge in [0, 0.05) is 17.3 Å². The third-order valence-corrected chi connectivity index (χ3v) is 3.75. The first-order valence-corrected chi connectivity index (χ1v) is 7.11. The van der Waals surface area contributed by atoms with Gasteiger partial charge in [-0.3, -0.25) is 0 Å². The van der Waals surface area contributed by atoms with Crippen molar-refractivity contribution in [2.45, 2.75) is 0 Å².